The van der Waals surface area contributed by atoms with Gasteiger partial charge in [-0.1, -0.05) is 0 Å². The lowest BCUT2D eigenvalue weighted by molar-refractivity contribution is -0.104. The first-order chi connectivity index (χ1) is 5.72. The molecule has 0 aromatic carbocycles. The van der Waals surface area contributed by atoms with Crippen molar-refractivity contribution in [1.29, 1.82) is 0 Å². The van der Waals surface area contributed by atoms with Crippen molar-refractivity contribution in [3.8, 4) is 0 Å². The van der Waals surface area contributed by atoms with Crippen LogP contribution < -0.4 is 11.5 Å². The number of carbonyl (C=O) groups is 2. The van der Waals surface area contributed by atoms with Gasteiger partial charge in [0.15, 0.2) is 0 Å². The molecule has 0 atom stereocenters. The van der Waals surface area contributed by atoms with Crippen molar-refractivity contribution in [3.05, 3.63) is 35.7 Å². The van der Waals surface area contributed by atoms with Gasteiger partial charge in [0.1, 0.15) is 12.6 Å². The molecule has 0 rings (SSSR count). The van der Waals surface area contributed by atoms with Crippen LogP contribution in [0.3, 0.4) is 0 Å². The van der Waals surface area contributed by atoms with Crippen molar-refractivity contribution in [2.45, 2.75) is 0 Å². The summed E-state index contributed by atoms with van der Waals surface area (Å²) in [4.78, 5) is 19.7. The Kier molecular flexibility index (Phi) is 5.00. The van der Waals surface area contributed by atoms with Crippen molar-refractivity contribution in [2.75, 3.05) is 0 Å². The minimum Gasteiger partial charge on any atom is -0.397 e. The van der Waals surface area contributed by atoms with Gasteiger partial charge in [-0.05, 0) is 24.3 Å². The fraction of sp³-hybridized carbons (Fsp3) is 0. The van der Waals surface area contributed by atoms with Crippen LogP contribution in [0.5, 0.6) is 0 Å². The highest BCUT2D eigenvalue weighted by Crippen LogP contribution is 1.93. The second-order valence-electron chi connectivity index (χ2n) is 1.90. The third-order valence-corrected chi connectivity index (χ3v) is 1.04. The van der Waals surface area contributed by atoms with Gasteiger partial charge in [0, 0.05) is 0 Å². The van der Waals surface area contributed by atoms with Gasteiger partial charge in [-0.15, -0.1) is 0 Å². The summed E-state index contributed by atoms with van der Waals surface area (Å²) in [5.41, 5.74) is 11.3. The molecular formula is C8H10N2O2. The van der Waals surface area contributed by atoms with Crippen LogP contribution in [0.15, 0.2) is 35.7 Å². The van der Waals surface area contributed by atoms with Crippen LogP contribution in [0.1, 0.15) is 0 Å². The van der Waals surface area contributed by atoms with Gasteiger partial charge >= 0.3 is 0 Å². The zero-order chi connectivity index (χ0) is 9.40. The molecule has 0 aliphatic rings. The Morgan fingerprint density at radius 2 is 1.17 bits per heavy atom. The third-order valence-electron chi connectivity index (χ3n) is 1.04. The summed E-state index contributed by atoms with van der Waals surface area (Å²) >= 11 is 0. The van der Waals surface area contributed by atoms with E-state index in [9.17, 15) is 9.59 Å². The topological polar surface area (TPSA) is 86.2 Å². The second-order valence-corrected chi connectivity index (χ2v) is 1.90. The molecular weight excluding hydrogens is 156 g/mol. The molecule has 4 nitrogen and oxygen atoms in total. The highest BCUT2D eigenvalue weighted by atomic mass is 16.1. The molecule has 0 bridgehead atoms. The first-order valence-electron chi connectivity index (χ1n) is 3.21. The van der Waals surface area contributed by atoms with E-state index in [0.29, 0.717) is 12.6 Å². The van der Waals surface area contributed by atoms with Crippen LogP contribution in [-0.4, -0.2) is 12.6 Å². The van der Waals surface area contributed by atoms with E-state index in [1.807, 2.05) is 0 Å². The maximum absolute atomic E-state index is 9.87. The molecule has 0 aliphatic carbocycles. The molecule has 4 N–H and O–H groups in total. The average Bonchev–Trinajstić information content (AvgIpc) is 2.10. The van der Waals surface area contributed by atoms with Gasteiger partial charge < -0.3 is 11.5 Å². The molecule has 0 saturated carbocycles. The van der Waals surface area contributed by atoms with E-state index in [1.165, 1.54) is 24.3 Å². The fourth-order valence-corrected chi connectivity index (χ4v) is 0.478. The summed E-state index contributed by atoms with van der Waals surface area (Å²) in [7, 11) is 0. The molecule has 0 unspecified atom stereocenters. The van der Waals surface area contributed by atoms with Crippen LogP contribution >= 0.6 is 0 Å². The fourth-order valence-electron chi connectivity index (χ4n) is 0.478. The number of hydrogen-bond acceptors (Lipinski definition) is 4. The third kappa shape index (κ3) is 4.05. The molecule has 0 aliphatic heterocycles. The van der Waals surface area contributed by atoms with Gasteiger partial charge in [0.05, 0.1) is 11.4 Å². The maximum Gasteiger partial charge on any atom is 0.142 e. The van der Waals surface area contributed by atoms with Crippen LogP contribution in [-0.2, 0) is 9.59 Å². The number of aldehydes is 2. The number of rotatable bonds is 4. The molecule has 0 heterocycles. The quantitative estimate of drug-likeness (QED) is 0.339. The Morgan fingerprint density at radius 3 is 1.42 bits per heavy atom. The lowest BCUT2D eigenvalue weighted by atomic mass is 10.3. The minimum absolute atomic E-state index is 0.250. The largest absolute Gasteiger partial charge is 0.397 e. The molecule has 0 fully saturated rings. The Morgan fingerprint density at radius 1 is 0.833 bits per heavy atom. The van der Waals surface area contributed by atoms with Crippen LogP contribution in [0.4, 0.5) is 0 Å². The van der Waals surface area contributed by atoms with Gasteiger partial charge in [0.25, 0.3) is 0 Å². The molecule has 12 heavy (non-hydrogen) atoms. The van der Waals surface area contributed by atoms with E-state index in [2.05, 4.69) is 0 Å². The lowest BCUT2D eigenvalue weighted by Crippen LogP contribution is -2.05. The average molecular weight is 166 g/mol. The van der Waals surface area contributed by atoms with Gasteiger partial charge in [-0.25, -0.2) is 0 Å². The van der Waals surface area contributed by atoms with Crippen LogP contribution in [0, 0.1) is 0 Å². The molecule has 0 radical (unpaired) electrons. The minimum atomic E-state index is 0.250. The summed E-state index contributed by atoms with van der Waals surface area (Å²) in [6, 6.07) is 0. The summed E-state index contributed by atoms with van der Waals surface area (Å²) in [5.74, 6) is 0. The van der Waals surface area contributed by atoms with E-state index in [0.717, 1.165) is 0 Å². The SMILES string of the molecule is NC(/C=C\C=O)=C(N)\C=C/C=O. The van der Waals surface area contributed by atoms with Crippen LogP contribution in [0.2, 0.25) is 0 Å². The summed E-state index contributed by atoms with van der Waals surface area (Å²) < 4.78 is 0. The Bertz CT molecular complexity index is 226. The van der Waals surface area contributed by atoms with Crippen molar-refractivity contribution in [2.24, 2.45) is 11.5 Å². The zero-order valence-electron chi connectivity index (χ0n) is 6.44. The van der Waals surface area contributed by atoms with E-state index in [-0.39, 0.29) is 11.4 Å². The highest BCUT2D eigenvalue weighted by molar-refractivity contribution is 5.67. The Hall–Kier alpha value is -1.84. The number of allylic oxidation sites excluding steroid dienone is 4. The summed E-state index contributed by atoms with van der Waals surface area (Å²) in [6.45, 7) is 0. The van der Waals surface area contributed by atoms with Crippen LogP contribution in [0.25, 0.3) is 0 Å². The predicted molar refractivity (Wildman–Crippen MR) is 45.8 cm³/mol. The van der Waals surface area contributed by atoms with Gasteiger partial charge in [-0.2, -0.15) is 0 Å². The summed E-state index contributed by atoms with van der Waals surface area (Å²) in [5, 5.41) is 0. The maximum atomic E-state index is 9.87. The highest BCUT2D eigenvalue weighted by Gasteiger charge is 1.88. The molecule has 0 saturated heterocycles. The normalized spacial score (nSPS) is 13.3. The smallest absolute Gasteiger partial charge is 0.142 e. The molecule has 0 spiro atoms. The van der Waals surface area contributed by atoms with Crippen molar-refractivity contribution < 1.29 is 9.59 Å². The molecule has 0 aromatic heterocycles. The first-order valence-corrected chi connectivity index (χ1v) is 3.21. The first kappa shape index (κ1) is 10.2. The summed E-state index contributed by atoms with van der Waals surface area (Å²) in [6.07, 6.45) is 6.33. The van der Waals surface area contributed by atoms with Crippen molar-refractivity contribution >= 4 is 12.6 Å². The second kappa shape index (κ2) is 5.91. The Labute approximate surface area is 70.2 Å². The molecule has 0 aromatic rings. The number of hydrogen-bond donors (Lipinski definition) is 2. The van der Waals surface area contributed by atoms with E-state index in [1.54, 1.807) is 0 Å². The predicted octanol–water partition coefficient (Wildman–Crippen LogP) is -0.374. The number of carbonyl (C=O) groups excluding carboxylic acids is 2. The number of nitrogens with two attached hydrogens (primary N) is 2. The molecule has 64 valence electrons. The standard InChI is InChI=1S/C8H10N2O2/c9-7(3-1-5-11)8(10)4-2-6-12/h1-6H,9-10H2/b3-1-,4-2-,8-7+. The monoisotopic (exact) mass is 166 g/mol. The zero-order valence-corrected chi connectivity index (χ0v) is 6.44. The molecule has 0 amide bonds. The van der Waals surface area contributed by atoms with E-state index < -0.39 is 0 Å². The van der Waals surface area contributed by atoms with E-state index >= 15 is 0 Å². The van der Waals surface area contributed by atoms with Gasteiger partial charge in [0.2, 0.25) is 0 Å². The van der Waals surface area contributed by atoms with Crippen molar-refractivity contribution in [3.63, 3.8) is 0 Å². The van der Waals surface area contributed by atoms with Crippen molar-refractivity contribution in [1.82, 2.24) is 0 Å². The Balaban J connectivity index is 4.44. The lowest BCUT2D eigenvalue weighted by Gasteiger charge is -1.94. The van der Waals surface area contributed by atoms with E-state index in [4.69, 9.17) is 11.5 Å². The molecule has 4 heteroatoms. The van der Waals surface area contributed by atoms with Gasteiger partial charge in [-0.3, -0.25) is 9.59 Å².